The minimum Gasteiger partial charge on any atom is -0.367 e. The highest BCUT2D eigenvalue weighted by atomic mass is 19.1. The molecule has 0 bridgehead atoms. The van der Waals surface area contributed by atoms with Crippen LogP contribution < -0.4 is 5.32 Å². The zero-order valence-electron chi connectivity index (χ0n) is 16.5. The van der Waals surface area contributed by atoms with Gasteiger partial charge in [0, 0.05) is 19.1 Å². The predicted molar refractivity (Wildman–Crippen MR) is 109 cm³/mol. The van der Waals surface area contributed by atoms with Gasteiger partial charge < -0.3 is 15.0 Å². The van der Waals surface area contributed by atoms with Gasteiger partial charge in [0.05, 0.1) is 13.0 Å². The summed E-state index contributed by atoms with van der Waals surface area (Å²) in [5.74, 6) is -0.401. The fourth-order valence-corrected chi connectivity index (χ4v) is 3.48. The Labute approximate surface area is 170 Å². The highest BCUT2D eigenvalue weighted by Crippen LogP contribution is 2.12. The summed E-state index contributed by atoms with van der Waals surface area (Å²) in [6.07, 6.45) is 2.63. The van der Waals surface area contributed by atoms with E-state index in [-0.39, 0.29) is 36.7 Å². The second kappa shape index (κ2) is 10.7. The summed E-state index contributed by atoms with van der Waals surface area (Å²) >= 11 is 0. The lowest BCUT2D eigenvalue weighted by Gasteiger charge is -2.21. The molecule has 1 aliphatic rings. The van der Waals surface area contributed by atoms with Crippen LogP contribution in [0.25, 0.3) is 0 Å². The van der Waals surface area contributed by atoms with Crippen molar-refractivity contribution in [1.29, 1.82) is 0 Å². The number of halogens is 1. The van der Waals surface area contributed by atoms with Crippen LogP contribution in [-0.4, -0.2) is 42.5 Å². The topological polar surface area (TPSA) is 58.6 Å². The Balaban J connectivity index is 1.39. The van der Waals surface area contributed by atoms with E-state index in [4.69, 9.17) is 4.74 Å². The average molecular weight is 398 g/mol. The molecule has 2 amide bonds. The number of benzene rings is 2. The van der Waals surface area contributed by atoms with Gasteiger partial charge in [0.1, 0.15) is 12.4 Å². The molecule has 1 saturated heterocycles. The Morgan fingerprint density at radius 3 is 2.52 bits per heavy atom. The number of carbonyl (C=O) groups is 2. The molecule has 0 aromatic heterocycles. The molecule has 1 fully saturated rings. The van der Waals surface area contributed by atoms with Gasteiger partial charge in [-0.25, -0.2) is 4.39 Å². The molecule has 1 atom stereocenters. The van der Waals surface area contributed by atoms with Crippen molar-refractivity contribution in [2.45, 2.75) is 38.3 Å². The molecule has 2 aromatic carbocycles. The lowest BCUT2D eigenvalue weighted by molar-refractivity contribution is -0.136. The zero-order chi connectivity index (χ0) is 20.5. The van der Waals surface area contributed by atoms with Gasteiger partial charge in [-0.1, -0.05) is 42.5 Å². The standard InChI is InChI=1S/C23H27FN2O3/c24-20-10-8-18(9-11-20)15-22(27)25-21-7-4-13-26(14-12-21)23(28)17-29-16-19-5-2-1-3-6-19/h1-3,5-6,8-11,21H,4,7,12-17H2,(H,25,27). The van der Waals surface area contributed by atoms with E-state index >= 15 is 0 Å². The molecule has 0 radical (unpaired) electrons. The Kier molecular flexibility index (Phi) is 7.76. The Morgan fingerprint density at radius 1 is 1.00 bits per heavy atom. The smallest absolute Gasteiger partial charge is 0.248 e. The van der Waals surface area contributed by atoms with Crippen molar-refractivity contribution >= 4 is 11.8 Å². The van der Waals surface area contributed by atoms with Gasteiger partial charge in [-0.15, -0.1) is 0 Å². The fraction of sp³-hybridized carbons (Fsp3) is 0.391. The molecule has 3 rings (SSSR count). The molecular formula is C23H27FN2O3. The third-order valence-corrected chi connectivity index (χ3v) is 5.06. The first-order valence-corrected chi connectivity index (χ1v) is 10.0. The van der Waals surface area contributed by atoms with Crippen LogP contribution in [0, 0.1) is 5.82 Å². The van der Waals surface area contributed by atoms with Crippen LogP contribution in [0.3, 0.4) is 0 Å². The first kappa shape index (κ1) is 21.0. The minimum absolute atomic E-state index is 0.0146. The van der Waals surface area contributed by atoms with E-state index in [0.717, 1.165) is 30.4 Å². The maximum absolute atomic E-state index is 13.0. The van der Waals surface area contributed by atoms with Crippen molar-refractivity contribution in [3.8, 4) is 0 Å². The lowest BCUT2D eigenvalue weighted by Crippen LogP contribution is -2.38. The van der Waals surface area contributed by atoms with Crippen LogP contribution >= 0.6 is 0 Å². The lowest BCUT2D eigenvalue weighted by atomic mass is 10.1. The minimum atomic E-state index is -0.310. The van der Waals surface area contributed by atoms with E-state index in [0.29, 0.717) is 19.7 Å². The summed E-state index contributed by atoms with van der Waals surface area (Å²) in [6.45, 7) is 1.77. The van der Waals surface area contributed by atoms with E-state index in [1.807, 2.05) is 35.2 Å². The quantitative estimate of drug-likeness (QED) is 0.780. The second-order valence-electron chi connectivity index (χ2n) is 7.36. The van der Waals surface area contributed by atoms with Gasteiger partial charge in [0.15, 0.2) is 0 Å². The predicted octanol–water partition coefficient (Wildman–Crippen LogP) is 3.08. The molecule has 1 aliphatic heterocycles. The van der Waals surface area contributed by atoms with Gasteiger partial charge in [-0.05, 0) is 42.5 Å². The van der Waals surface area contributed by atoms with Gasteiger partial charge in [-0.2, -0.15) is 0 Å². The molecule has 1 heterocycles. The SMILES string of the molecule is O=C(Cc1ccc(F)cc1)NC1CCCN(C(=O)COCc2ccccc2)CC1. The molecule has 5 nitrogen and oxygen atoms in total. The van der Waals surface area contributed by atoms with Gasteiger partial charge in [0.2, 0.25) is 11.8 Å². The van der Waals surface area contributed by atoms with E-state index in [9.17, 15) is 14.0 Å². The maximum Gasteiger partial charge on any atom is 0.248 e. The molecule has 0 aliphatic carbocycles. The fourth-order valence-electron chi connectivity index (χ4n) is 3.48. The van der Waals surface area contributed by atoms with E-state index in [1.54, 1.807) is 12.1 Å². The van der Waals surface area contributed by atoms with Crippen LogP contribution in [0.2, 0.25) is 0 Å². The number of carbonyl (C=O) groups excluding carboxylic acids is 2. The van der Waals surface area contributed by atoms with Crippen molar-refractivity contribution in [1.82, 2.24) is 10.2 Å². The number of likely N-dealkylation sites (tertiary alicyclic amines) is 1. The molecule has 29 heavy (non-hydrogen) atoms. The number of ether oxygens (including phenoxy) is 1. The van der Waals surface area contributed by atoms with E-state index < -0.39 is 0 Å². The van der Waals surface area contributed by atoms with Crippen LogP contribution in [0.15, 0.2) is 54.6 Å². The van der Waals surface area contributed by atoms with Crippen LogP contribution in [-0.2, 0) is 27.4 Å². The molecule has 154 valence electrons. The molecule has 6 heteroatoms. The summed E-state index contributed by atoms with van der Waals surface area (Å²) in [6, 6.07) is 15.8. The molecule has 1 unspecified atom stereocenters. The summed E-state index contributed by atoms with van der Waals surface area (Å²) in [5.41, 5.74) is 1.82. The van der Waals surface area contributed by atoms with Crippen molar-refractivity contribution < 1.29 is 18.7 Å². The number of hydrogen-bond acceptors (Lipinski definition) is 3. The van der Waals surface area contributed by atoms with Crippen molar-refractivity contribution in [3.05, 3.63) is 71.5 Å². The first-order valence-electron chi connectivity index (χ1n) is 10.0. The largest absolute Gasteiger partial charge is 0.367 e. The van der Waals surface area contributed by atoms with E-state index in [1.165, 1.54) is 12.1 Å². The summed E-state index contributed by atoms with van der Waals surface area (Å²) < 4.78 is 18.5. The van der Waals surface area contributed by atoms with Crippen LogP contribution in [0.1, 0.15) is 30.4 Å². The third kappa shape index (κ3) is 6.98. The molecule has 0 saturated carbocycles. The number of hydrogen-bond donors (Lipinski definition) is 1. The van der Waals surface area contributed by atoms with Crippen LogP contribution in [0.5, 0.6) is 0 Å². The van der Waals surface area contributed by atoms with Crippen molar-refractivity contribution in [2.75, 3.05) is 19.7 Å². The van der Waals surface area contributed by atoms with Gasteiger partial charge >= 0.3 is 0 Å². The zero-order valence-corrected chi connectivity index (χ0v) is 16.5. The number of nitrogens with zero attached hydrogens (tertiary/aromatic N) is 1. The highest BCUT2D eigenvalue weighted by molar-refractivity contribution is 5.79. The van der Waals surface area contributed by atoms with Gasteiger partial charge in [-0.3, -0.25) is 9.59 Å². The third-order valence-electron chi connectivity index (χ3n) is 5.06. The molecule has 0 spiro atoms. The number of amides is 2. The van der Waals surface area contributed by atoms with Gasteiger partial charge in [0.25, 0.3) is 0 Å². The molecule has 1 N–H and O–H groups in total. The van der Waals surface area contributed by atoms with E-state index in [2.05, 4.69) is 5.32 Å². The summed E-state index contributed by atoms with van der Waals surface area (Å²) in [7, 11) is 0. The summed E-state index contributed by atoms with van der Waals surface area (Å²) in [5, 5.41) is 3.04. The summed E-state index contributed by atoms with van der Waals surface area (Å²) in [4.78, 5) is 26.5. The molecular weight excluding hydrogens is 371 g/mol. The maximum atomic E-state index is 13.0. The second-order valence-corrected chi connectivity index (χ2v) is 7.36. The monoisotopic (exact) mass is 398 g/mol. The Morgan fingerprint density at radius 2 is 1.76 bits per heavy atom. The number of nitrogens with one attached hydrogen (secondary N) is 1. The Hall–Kier alpha value is -2.73. The average Bonchev–Trinajstić information content (AvgIpc) is 2.96. The molecule has 2 aromatic rings. The van der Waals surface area contributed by atoms with Crippen molar-refractivity contribution in [3.63, 3.8) is 0 Å². The normalized spacial score (nSPS) is 16.9. The van der Waals surface area contributed by atoms with Crippen molar-refractivity contribution in [2.24, 2.45) is 0 Å². The number of rotatable bonds is 7. The Bertz CT molecular complexity index is 796. The van der Waals surface area contributed by atoms with Crippen LogP contribution in [0.4, 0.5) is 4.39 Å². The first-order chi connectivity index (χ1) is 14.1. The highest BCUT2D eigenvalue weighted by Gasteiger charge is 2.21.